The summed E-state index contributed by atoms with van der Waals surface area (Å²) in [7, 11) is 0. The molecule has 1 saturated carbocycles. The van der Waals surface area contributed by atoms with E-state index in [9.17, 15) is 4.79 Å². The van der Waals surface area contributed by atoms with Crippen LogP contribution in [-0.4, -0.2) is 28.5 Å². The minimum Gasteiger partial charge on any atom is -0.341 e. The smallest absolute Gasteiger partial charge is 0.174 e. The molecule has 0 radical (unpaired) electrons. The van der Waals surface area contributed by atoms with Crippen LogP contribution >= 0.6 is 0 Å². The van der Waals surface area contributed by atoms with Crippen molar-refractivity contribution in [3.05, 3.63) is 11.9 Å². The van der Waals surface area contributed by atoms with E-state index >= 15 is 0 Å². The van der Waals surface area contributed by atoms with Crippen molar-refractivity contribution < 1.29 is 4.79 Å². The average Bonchev–Trinajstić information content (AvgIpc) is 3.23. The maximum atomic E-state index is 11.3. The van der Waals surface area contributed by atoms with Gasteiger partial charge in [-0.15, -0.1) is 0 Å². The molecule has 0 spiro atoms. The van der Waals surface area contributed by atoms with Gasteiger partial charge in [0.25, 0.3) is 0 Å². The van der Waals surface area contributed by atoms with Gasteiger partial charge >= 0.3 is 0 Å². The molecular formula is C14H20N4O. The van der Waals surface area contributed by atoms with Gasteiger partial charge in [0.2, 0.25) is 0 Å². The highest BCUT2D eigenvalue weighted by atomic mass is 16.1. The molecule has 0 aromatic carbocycles. The molecule has 19 heavy (non-hydrogen) atoms. The fourth-order valence-corrected chi connectivity index (χ4v) is 2.77. The molecule has 5 heteroatoms. The molecule has 1 fully saturated rings. The number of rotatable bonds is 5. The Kier molecular flexibility index (Phi) is 3.12. The highest BCUT2D eigenvalue weighted by Gasteiger charge is 2.36. The van der Waals surface area contributed by atoms with Gasteiger partial charge in [0, 0.05) is 12.0 Å². The maximum absolute atomic E-state index is 11.3. The van der Waals surface area contributed by atoms with Crippen molar-refractivity contribution in [2.24, 2.45) is 0 Å². The van der Waals surface area contributed by atoms with E-state index in [1.807, 2.05) is 6.20 Å². The van der Waals surface area contributed by atoms with Crippen molar-refractivity contribution in [2.45, 2.75) is 57.7 Å². The highest BCUT2D eigenvalue weighted by molar-refractivity contribution is 5.80. The second-order valence-electron chi connectivity index (χ2n) is 5.34. The molecule has 0 bridgehead atoms. The van der Waals surface area contributed by atoms with Crippen LogP contribution in [0, 0.1) is 0 Å². The normalized spacial score (nSPS) is 21.4. The quantitative estimate of drug-likeness (QED) is 0.823. The number of aromatic nitrogens is 2. The summed E-state index contributed by atoms with van der Waals surface area (Å²) in [4.78, 5) is 22.6. The number of anilines is 2. The lowest BCUT2D eigenvalue weighted by atomic mass is 10.1. The Bertz CT molecular complexity index is 482. The average molecular weight is 260 g/mol. The van der Waals surface area contributed by atoms with Gasteiger partial charge in [0.1, 0.15) is 0 Å². The van der Waals surface area contributed by atoms with Crippen LogP contribution in [0.3, 0.4) is 0 Å². The van der Waals surface area contributed by atoms with Crippen LogP contribution in [0.4, 0.5) is 11.6 Å². The molecule has 1 N–H and O–H groups in total. The van der Waals surface area contributed by atoms with Crippen molar-refractivity contribution in [1.82, 2.24) is 9.97 Å². The van der Waals surface area contributed by atoms with E-state index in [1.54, 1.807) is 0 Å². The third-order valence-corrected chi connectivity index (χ3v) is 4.06. The van der Waals surface area contributed by atoms with E-state index in [1.165, 1.54) is 12.8 Å². The largest absolute Gasteiger partial charge is 0.341 e. The van der Waals surface area contributed by atoms with Crippen molar-refractivity contribution in [3.8, 4) is 0 Å². The first-order valence-electron chi connectivity index (χ1n) is 7.15. The number of aldehydes is 1. The number of fused-ring (bicyclic) bond motifs is 1. The van der Waals surface area contributed by atoms with E-state index in [0.29, 0.717) is 12.0 Å². The van der Waals surface area contributed by atoms with Crippen LogP contribution in [0.15, 0.2) is 6.20 Å². The highest BCUT2D eigenvalue weighted by Crippen LogP contribution is 2.41. The fraction of sp³-hybridized carbons (Fsp3) is 0.643. The van der Waals surface area contributed by atoms with Gasteiger partial charge in [-0.05, 0) is 25.7 Å². The Morgan fingerprint density at radius 2 is 2.21 bits per heavy atom. The second kappa shape index (κ2) is 4.79. The summed E-state index contributed by atoms with van der Waals surface area (Å²) in [5, 5.41) is 3.15. The van der Waals surface area contributed by atoms with Crippen molar-refractivity contribution in [2.75, 3.05) is 10.2 Å². The summed E-state index contributed by atoms with van der Waals surface area (Å²) in [6.45, 7) is 4.29. The van der Waals surface area contributed by atoms with E-state index < -0.39 is 0 Å². The molecule has 5 nitrogen and oxygen atoms in total. The van der Waals surface area contributed by atoms with E-state index in [-0.39, 0.29) is 6.17 Å². The number of carbonyl (C=O) groups is 1. The minimum absolute atomic E-state index is 0.325. The zero-order chi connectivity index (χ0) is 13.4. The van der Waals surface area contributed by atoms with Crippen LogP contribution < -0.4 is 10.2 Å². The summed E-state index contributed by atoms with van der Waals surface area (Å²) in [6, 6.07) is 0.327. The third-order valence-electron chi connectivity index (χ3n) is 4.06. The lowest BCUT2D eigenvalue weighted by molar-refractivity contribution is -0.108. The molecule has 1 aromatic heterocycles. The molecule has 1 aliphatic carbocycles. The summed E-state index contributed by atoms with van der Waals surface area (Å²) in [5.74, 6) is 2.18. The van der Waals surface area contributed by atoms with Gasteiger partial charge < -0.3 is 10.2 Å². The summed E-state index contributed by atoms with van der Waals surface area (Å²) in [6.07, 6.45) is 6.88. The second-order valence-corrected chi connectivity index (χ2v) is 5.34. The van der Waals surface area contributed by atoms with Crippen LogP contribution in [0.25, 0.3) is 0 Å². The molecule has 1 atom stereocenters. The van der Waals surface area contributed by atoms with Crippen LogP contribution in [0.2, 0.25) is 0 Å². The molecule has 1 aromatic rings. The molecule has 1 aliphatic heterocycles. The predicted octanol–water partition coefficient (Wildman–Crippen LogP) is 2.30. The van der Waals surface area contributed by atoms with Crippen molar-refractivity contribution in [1.29, 1.82) is 0 Å². The van der Waals surface area contributed by atoms with E-state index in [0.717, 1.165) is 36.5 Å². The molecule has 102 valence electrons. The third kappa shape index (κ3) is 2.07. The first kappa shape index (κ1) is 12.4. The SMILES string of the molecule is CCC(CC)N1c2nc(C3CC3)cnc2NC1C=O. The molecule has 1 unspecified atom stereocenters. The Morgan fingerprint density at radius 1 is 1.47 bits per heavy atom. The predicted molar refractivity (Wildman–Crippen MR) is 74.3 cm³/mol. The molecular weight excluding hydrogens is 240 g/mol. The van der Waals surface area contributed by atoms with Crippen LogP contribution in [0.1, 0.15) is 51.1 Å². The minimum atomic E-state index is -0.325. The summed E-state index contributed by atoms with van der Waals surface area (Å²) >= 11 is 0. The number of carbonyl (C=O) groups excluding carboxylic acids is 1. The monoisotopic (exact) mass is 260 g/mol. The van der Waals surface area contributed by atoms with Gasteiger partial charge in [-0.2, -0.15) is 0 Å². The van der Waals surface area contributed by atoms with E-state index in [2.05, 4.69) is 29.0 Å². The van der Waals surface area contributed by atoms with Gasteiger partial charge in [0.05, 0.1) is 11.9 Å². The molecule has 2 heterocycles. The number of nitrogens with zero attached hydrogens (tertiary/aromatic N) is 3. The van der Waals surface area contributed by atoms with Crippen LogP contribution in [0.5, 0.6) is 0 Å². The first-order valence-corrected chi connectivity index (χ1v) is 7.15. The van der Waals surface area contributed by atoms with Gasteiger partial charge in [0.15, 0.2) is 24.1 Å². The standard InChI is InChI=1S/C14H20N4O/c1-3-10(4-2)18-12(8-19)17-13-14(18)16-11(7-15-13)9-5-6-9/h7-10,12H,3-6H2,1-2H3,(H,15,17). The van der Waals surface area contributed by atoms with Crippen molar-refractivity contribution >= 4 is 17.9 Å². The zero-order valence-electron chi connectivity index (χ0n) is 11.5. The summed E-state index contributed by atoms with van der Waals surface area (Å²) < 4.78 is 0. The summed E-state index contributed by atoms with van der Waals surface area (Å²) in [5.41, 5.74) is 1.07. The maximum Gasteiger partial charge on any atom is 0.174 e. The van der Waals surface area contributed by atoms with E-state index in [4.69, 9.17) is 4.98 Å². The van der Waals surface area contributed by atoms with Crippen LogP contribution in [-0.2, 0) is 4.79 Å². The lowest BCUT2D eigenvalue weighted by Gasteiger charge is -2.30. The fourth-order valence-electron chi connectivity index (χ4n) is 2.77. The molecule has 3 rings (SSSR count). The number of hydrogen-bond acceptors (Lipinski definition) is 5. The molecule has 2 aliphatic rings. The molecule has 0 amide bonds. The molecule has 0 saturated heterocycles. The number of nitrogens with one attached hydrogen (secondary N) is 1. The van der Waals surface area contributed by atoms with Gasteiger partial charge in [-0.1, -0.05) is 13.8 Å². The topological polar surface area (TPSA) is 58.1 Å². The Hall–Kier alpha value is -1.65. The Balaban J connectivity index is 1.98. The Labute approximate surface area is 113 Å². The lowest BCUT2D eigenvalue weighted by Crippen LogP contribution is -2.44. The van der Waals surface area contributed by atoms with Gasteiger partial charge in [-0.25, -0.2) is 9.97 Å². The van der Waals surface area contributed by atoms with Gasteiger partial charge in [-0.3, -0.25) is 4.79 Å². The number of hydrogen-bond donors (Lipinski definition) is 1. The Morgan fingerprint density at radius 3 is 2.79 bits per heavy atom. The zero-order valence-corrected chi connectivity index (χ0v) is 11.5. The van der Waals surface area contributed by atoms with Crippen molar-refractivity contribution in [3.63, 3.8) is 0 Å². The first-order chi connectivity index (χ1) is 9.28.